The predicted molar refractivity (Wildman–Crippen MR) is 96.9 cm³/mol. The number of nitrogens with one attached hydrogen (secondary N) is 1. The smallest absolute Gasteiger partial charge is 0.266 e. The zero-order valence-corrected chi connectivity index (χ0v) is 14.9. The topological polar surface area (TPSA) is 38.3 Å². The number of benzene rings is 2. The first-order valence-corrected chi connectivity index (χ1v) is 8.54. The third-order valence-electron chi connectivity index (χ3n) is 3.46. The van der Waals surface area contributed by atoms with Crippen molar-refractivity contribution in [1.29, 1.82) is 0 Å². The molecule has 0 bridgehead atoms. The molecule has 3 nitrogen and oxygen atoms in total. The first-order valence-electron chi connectivity index (χ1n) is 6.97. The summed E-state index contributed by atoms with van der Waals surface area (Å²) in [5.41, 5.74) is 0.918. The van der Waals surface area contributed by atoms with Crippen LogP contribution in [0.4, 0.5) is 10.1 Å². The molecule has 0 atom stereocenters. The molecule has 0 aliphatic rings. The van der Waals surface area contributed by atoms with Crippen molar-refractivity contribution in [2.45, 2.75) is 6.61 Å². The van der Waals surface area contributed by atoms with E-state index in [-0.39, 0.29) is 23.4 Å². The van der Waals surface area contributed by atoms with Gasteiger partial charge in [-0.05, 0) is 24.3 Å². The Morgan fingerprint density at radius 1 is 1.25 bits per heavy atom. The standard InChI is InChI=1S/C17H12Cl2FNO2S/c1-23-8-9-14-11(20)5-3-7-13(14)24-16(9)17(22)21-12-6-2-4-10(18)15(12)19/h2-7H,8H2,1H3,(H,21,22). The Bertz CT molecular complexity index is 926. The van der Waals surface area contributed by atoms with Crippen molar-refractivity contribution >= 4 is 56.2 Å². The molecule has 124 valence electrons. The second kappa shape index (κ2) is 7.07. The number of thiophene rings is 1. The maximum Gasteiger partial charge on any atom is 0.266 e. The molecule has 0 saturated heterocycles. The van der Waals surface area contributed by atoms with Crippen LogP contribution in [0.25, 0.3) is 10.1 Å². The number of hydrogen-bond donors (Lipinski definition) is 1. The molecule has 0 unspecified atom stereocenters. The van der Waals surface area contributed by atoms with E-state index in [4.69, 9.17) is 27.9 Å². The Kier molecular flexibility index (Phi) is 5.06. The molecular formula is C17H12Cl2FNO2S. The molecule has 7 heteroatoms. The average molecular weight is 384 g/mol. The number of methoxy groups -OCH3 is 1. The SMILES string of the molecule is COCc1c(C(=O)Nc2cccc(Cl)c2Cl)sc2cccc(F)c12. The van der Waals surface area contributed by atoms with Crippen LogP contribution in [0.1, 0.15) is 15.2 Å². The first-order chi connectivity index (χ1) is 11.5. The molecule has 0 saturated carbocycles. The van der Waals surface area contributed by atoms with Crippen LogP contribution in [-0.2, 0) is 11.3 Å². The molecule has 1 heterocycles. The number of hydrogen-bond acceptors (Lipinski definition) is 3. The lowest BCUT2D eigenvalue weighted by Crippen LogP contribution is -2.13. The number of ether oxygens (including phenoxy) is 1. The van der Waals surface area contributed by atoms with Crippen LogP contribution in [0.5, 0.6) is 0 Å². The molecule has 0 spiro atoms. The highest BCUT2D eigenvalue weighted by Crippen LogP contribution is 2.35. The summed E-state index contributed by atoms with van der Waals surface area (Å²) in [5, 5.41) is 3.73. The van der Waals surface area contributed by atoms with Gasteiger partial charge in [0.1, 0.15) is 5.82 Å². The van der Waals surface area contributed by atoms with Crippen LogP contribution in [-0.4, -0.2) is 13.0 Å². The molecular weight excluding hydrogens is 372 g/mol. The molecule has 3 aromatic rings. The van der Waals surface area contributed by atoms with E-state index in [2.05, 4.69) is 5.32 Å². The van der Waals surface area contributed by atoms with Crippen molar-refractivity contribution in [3.63, 3.8) is 0 Å². The van der Waals surface area contributed by atoms with Crippen molar-refractivity contribution < 1.29 is 13.9 Å². The van der Waals surface area contributed by atoms with Gasteiger partial charge in [0.2, 0.25) is 0 Å². The van der Waals surface area contributed by atoms with E-state index in [1.54, 1.807) is 30.3 Å². The van der Waals surface area contributed by atoms with E-state index in [0.717, 1.165) is 0 Å². The van der Waals surface area contributed by atoms with Gasteiger partial charge in [-0.3, -0.25) is 4.79 Å². The number of carbonyl (C=O) groups excluding carboxylic acids is 1. The second-order valence-electron chi connectivity index (χ2n) is 5.01. The molecule has 0 aliphatic carbocycles. The Morgan fingerprint density at radius 2 is 2.00 bits per heavy atom. The van der Waals surface area contributed by atoms with Gasteiger partial charge in [0, 0.05) is 22.8 Å². The molecule has 0 aliphatic heterocycles. The zero-order valence-electron chi connectivity index (χ0n) is 12.5. The zero-order chi connectivity index (χ0) is 17.3. The molecule has 24 heavy (non-hydrogen) atoms. The van der Waals surface area contributed by atoms with E-state index < -0.39 is 0 Å². The number of amides is 1. The Morgan fingerprint density at radius 3 is 2.75 bits per heavy atom. The number of halogens is 3. The van der Waals surface area contributed by atoms with E-state index in [9.17, 15) is 9.18 Å². The summed E-state index contributed by atoms with van der Waals surface area (Å²) in [7, 11) is 1.50. The fraction of sp³-hybridized carbons (Fsp3) is 0.118. The van der Waals surface area contributed by atoms with E-state index in [1.165, 1.54) is 24.5 Å². The Hall–Kier alpha value is -1.66. The van der Waals surface area contributed by atoms with Crippen molar-refractivity contribution in [1.82, 2.24) is 0 Å². The average Bonchev–Trinajstić information content (AvgIpc) is 2.92. The third kappa shape index (κ3) is 3.13. The van der Waals surface area contributed by atoms with Gasteiger partial charge in [-0.1, -0.05) is 35.3 Å². The molecule has 1 N–H and O–H groups in total. The van der Waals surface area contributed by atoms with Crippen LogP contribution in [0.2, 0.25) is 10.0 Å². The fourth-order valence-corrected chi connectivity index (χ4v) is 3.88. The predicted octanol–water partition coefficient (Wildman–Crippen LogP) is 5.75. The maximum absolute atomic E-state index is 14.2. The van der Waals surface area contributed by atoms with Gasteiger partial charge in [-0.2, -0.15) is 0 Å². The second-order valence-corrected chi connectivity index (χ2v) is 6.85. The minimum atomic E-state index is -0.383. The Labute approximate surface area is 152 Å². The van der Waals surface area contributed by atoms with Crippen LogP contribution in [0.15, 0.2) is 36.4 Å². The van der Waals surface area contributed by atoms with Crippen molar-refractivity contribution in [2.75, 3.05) is 12.4 Å². The van der Waals surface area contributed by atoms with Gasteiger partial charge in [0.25, 0.3) is 5.91 Å². The highest BCUT2D eigenvalue weighted by molar-refractivity contribution is 7.21. The van der Waals surface area contributed by atoms with Gasteiger partial charge in [0.05, 0.1) is 27.2 Å². The van der Waals surface area contributed by atoms with E-state index in [1.807, 2.05) is 0 Å². The molecule has 0 fully saturated rings. The highest BCUT2D eigenvalue weighted by Gasteiger charge is 2.21. The molecule has 0 radical (unpaired) electrons. The summed E-state index contributed by atoms with van der Waals surface area (Å²) in [4.78, 5) is 13.1. The summed E-state index contributed by atoms with van der Waals surface area (Å²) in [5.74, 6) is -0.762. The van der Waals surface area contributed by atoms with Crippen LogP contribution < -0.4 is 5.32 Å². The van der Waals surface area contributed by atoms with Crippen molar-refractivity contribution in [3.05, 3.63) is 62.7 Å². The lowest BCUT2D eigenvalue weighted by molar-refractivity contribution is 0.102. The summed E-state index contributed by atoms with van der Waals surface area (Å²) < 4.78 is 20.0. The minimum Gasteiger partial charge on any atom is -0.380 e. The number of rotatable bonds is 4. The van der Waals surface area contributed by atoms with Gasteiger partial charge in [-0.15, -0.1) is 11.3 Å². The summed E-state index contributed by atoms with van der Waals surface area (Å²) in [6, 6.07) is 9.71. The Balaban J connectivity index is 2.05. The number of fused-ring (bicyclic) bond motifs is 1. The summed E-state index contributed by atoms with van der Waals surface area (Å²) in [6.45, 7) is 0.132. The quantitative estimate of drug-likeness (QED) is 0.622. The summed E-state index contributed by atoms with van der Waals surface area (Å²) >= 11 is 13.3. The van der Waals surface area contributed by atoms with E-state index in [0.29, 0.717) is 31.2 Å². The van der Waals surface area contributed by atoms with Crippen LogP contribution in [0, 0.1) is 5.82 Å². The maximum atomic E-state index is 14.2. The van der Waals surface area contributed by atoms with Crippen LogP contribution >= 0.6 is 34.5 Å². The highest BCUT2D eigenvalue weighted by atomic mass is 35.5. The molecule has 1 amide bonds. The van der Waals surface area contributed by atoms with Gasteiger partial charge in [-0.25, -0.2) is 4.39 Å². The van der Waals surface area contributed by atoms with Crippen molar-refractivity contribution in [2.24, 2.45) is 0 Å². The van der Waals surface area contributed by atoms with Gasteiger partial charge < -0.3 is 10.1 Å². The van der Waals surface area contributed by atoms with Gasteiger partial charge >= 0.3 is 0 Å². The van der Waals surface area contributed by atoms with Crippen molar-refractivity contribution in [3.8, 4) is 0 Å². The normalized spacial score (nSPS) is 11.0. The first kappa shape index (κ1) is 17.2. The minimum absolute atomic E-state index is 0.132. The number of carbonyl (C=O) groups is 1. The van der Waals surface area contributed by atoms with Crippen LogP contribution in [0.3, 0.4) is 0 Å². The molecule has 3 rings (SSSR count). The summed E-state index contributed by atoms with van der Waals surface area (Å²) in [6.07, 6.45) is 0. The molecule has 1 aromatic heterocycles. The number of anilines is 1. The van der Waals surface area contributed by atoms with E-state index >= 15 is 0 Å². The largest absolute Gasteiger partial charge is 0.380 e. The lowest BCUT2D eigenvalue weighted by Gasteiger charge is -2.08. The monoisotopic (exact) mass is 383 g/mol. The van der Waals surface area contributed by atoms with Gasteiger partial charge in [0.15, 0.2) is 0 Å². The molecule has 2 aromatic carbocycles. The lowest BCUT2D eigenvalue weighted by atomic mass is 10.1. The fourth-order valence-electron chi connectivity index (χ4n) is 2.41. The third-order valence-corrected chi connectivity index (χ3v) is 5.47.